The lowest BCUT2D eigenvalue weighted by molar-refractivity contribution is -0.151. The van der Waals surface area contributed by atoms with E-state index in [9.17, 15) is 22.8 Å². The quantitative estimate of drug-likeness (QED) is 0.672. The second-order valence-corrected chi connectivity index (χ2v) is 6.52. The minimum atomic E-state index is -1.61. The predicted molar refractivity (Wildman–Crippen MR) is 81.0 cm³/mol. The van der Waals surface area contributed by atoms with Gasteiger partial charge in [-0.25, -0.2) is 18.2 Å². The number of amides is 1. The highest BCUT2D eigenvalue weighted by atomic mass is 32.1. The van der Waals surface area contributed by atoms with Crippen LogP contribution in [0.1, 0.15) is 25.7 Å². The van der Waals surface area contributed by atoms with E-state index in [0.29, 0.717) is 0 Å². The SMILES string of the molecule is O=C(COC(=O)C1CCCC1)Nc1nc2c(F)c(F)c(F)cc2s1. The number of aromatic nitrogens is 1. The molecule has 1 amide bonds. The van der Waals surface area contributed by atoms with E-state index in [0.717, 1.165) is 43.1 Å². The molecule has 5 nitrogen and oxygen atoms in total. The van der Waals surface area contributed by atoms with Crippen LogP contribution in [0.4, 0.5) is 18.3 Å². The fourth-order valence-corrected chi connectivity index (χ4v) is 3.50. The van der Waals surface area contributed by atoms with E-state index in [-0.39, 0.29) is 21.3 Å². The Morgan fingerprint density at radius 1 is 1.25 bits per heavy atom. The molecule has 1 aliphatic rings. The van der Waals surface area contributed by atoms with Crippen molar-refractivity contribution in [3.8, 4) is 0 Å². The van der Waals surface area contributed by atoms with Crippen LogP contribution in [0, 0.1) is 23.4 Å². The Hall–Kier alpha value is -2.16. The number of carbonyl (C=O) groups is 2. The molecular formula is C15H13F3N2O3S. The molecular weight excluding hydrogens is 345 g/mol. The molecule has 1 saturated carbocycles. The summed E-state index contributed by atoms with van der Waals surface area (Å²) in [5.74, 6) is -5.58. The normalized spacial score (nSPS) is 15.0. The van der Waals surface area contributed by atoms with Gasteiger partial charge in [0.05, 0.1) is 10.6 Å². The van der Waals surface area contributed by atoms with E-state index >= 15 is 0 Å². The molecule has 1 aliphatic carbocycles. The van der Waals surface area contributed by atoms with Gasteiger partial charge < -0.3 is 4.74 Å². The average molecular weight is 358 g/mol. The Morgan fingerprint density at radius 2 is 1.96 bits per heavy atom. The minimum Gasteiger partial charge on any atom is -0.455 e. The first-order valence-corrected chi connectivity index (χ1v) is 8.18. The van der Waals surface area contributed by atoms with Crippen LogP contribution in [0.25, 0.3) is 10.2 Å². The summed E-state index contributed by atoms with van der Waals surface area (Å²) in [5, 5.41) is 2.29. The second kappa shape index (κ2) is 6.76. The molecule has 9 heteroatoms. The van der Waals surface area contributed by atoms with Crippen LogP contribution in [0.2, 0.25) is 0 Å². The number of carbonyl (C=O) groups excluding carboxylic acids is 2. The fourth-order valence-electron chi connectivity index (χ4n) is 2.60. The highest BCUT2D eigenvalue weighted by Gasteiger charge is 2.25. The van der Waals surface area contributed by atoms with Crippen molar-refractivity contribution in [3.63, 3.8) is 0 Å². The first-order valence-electron chi connectivity index (χ1n) is 7.36. The fraction of sp³-hybridized carbons (Fsp3) is 0.400. The summed E-state index contributed by atoms with van der Waals surface area (Å²) in [5.41, 5.74) is -0.364. The van der Waals surface area contributed by atoms with Crippen molar-refractivity contribution in [2.75, 3.05) is 11.9 Å². The number of benzene rings is 1. The van der Waals surface area contributed by atoms with E-state index in [1.165, 1.54) is 0 Å². The molecule has 1 N–H and O–H groups in total. The summed E-state index contributed by atoms with van der Waals surface area (Å²) in [6, 6.07) is 0.807. The lowest BCUT2D eigenvalue weighted by atomic mass is 10.1. The molecule has 0 aliphatic heterocycles. The highest BCUT2D eigenvalue weighted by Crippen LogP contribution is 2.30. The van der Waals surface area contributed by atoms with Crippen molar-refractivity contribution in [2.45, 2.75) is 25.7 Å². The van der Waals surface area contributed by atoms with Crippen molar-refractivity contribution in [1.82, 2.24) is 4.98 Å². The molecule has 0 atom stereocenters. The Labute approximate surface area is 138 Å². The van der Waals surface area contributed by atoms with Gasteiger partial charge in [-0.05, 0) is 18.9 Å². The Bertz CT molecular complexity index is 803. The molecule has 128 valence electrons. The molecule has 1 aromatic carbocycles. The number of ether oxygens (including phenoxy) is 1. The molecule has 0 spiro atoms. The van der Waals surface area contributed by atoms with E-state index in [1.54, 1.807) is 0 Å². The lowest BCUT2D eigenvalue weighted by Crippen LogP contribution is -2.23. The van der Waals surface area contributed by atoms with Gasteiger partial charge in [0.2, 0.25) is 0 Å². The van der Waals surface area contributed by atoms with Gasteiger partial charge in [0.25, 0.3) is 5.91 Å². The zero-order valence-electron chi connectivity index (χ0n) is 12.4. The van der Waals surface area contributed by atoms with Gasteiger partial charge in [-0.2, -0.15) is 0 Å². The number of thiazole rings is 1. The predicted octanol–water partition coefficient (Wildman–Crippen LogP) is 3.39. The smallest absolute Gasteiger partial charge is 0.309 e. The van der Waals surface area contributed by atoms with Crippen molar-refractivity contribution >= 4 is 38.6 Å². The lowest BCUT2D eigenvalue weighted by Gasteiger charge is -2.08. The summed E-state index contributed by atoms with van der Waals surface area (Å²) >= 11 is 0.792. The topological polar surface area (TPSA) is 68.3 Å². The molecule has 24 heavy (non-hydrogen) atoms. The van der Waals surface area contributed by atoms with Crippen molar-refractivity contribution in [1.29, 1.82) is 0 Å². The maximum atomic E-state index is 13.6. The van der Waals surface area contributed by atoms with Crippen molar-refractivity contribution in [2.24, 2.45) is 5.92 Å². The van der Waals surface area contributed by atoms with Crippen LogP contribution < -0.4 is 5.32 Å². The van der Waals surface area contributed by atoms with E-state index in [4.69, 9.17) is 4.74 Å². The van der Waals surface area contributed by atoms with Gasteiger partial charge in [0.1, 0.15) is 5.52 Å². The van der Waals surface area contributed by atoms with Gasteiger partial charge >= 0.3 is 5.97 Å². The molecule has 1 heterocycles. The van der Waals surface area contributed by atoms with Crippen LogP contribution in [-0.4, -0.2) is 23.5 Å². The molecule has 1 fully saturated rings. The molecule has 0 saturated heterocycles. The number of anilines is 1. The van der Waals surface area contributed by atoms with Crippen LogP contribution in [0.15, 0.2) is 6.07 Å². The van der Waals surface area contributed by atoms with Gasteiger partial charge in [0.15, 0.2) is 29.2 Å². The van der Waals surface area contributed by atoms with E-state index in [2.05, 4.69) is 10.3 Å². The van der Waals surface area contributed by atoms with Crippen LogP contribution in [0.3, 0.4) is 0 Å². The third kappa shape index (κ3) is 3.35. The maximum Gasteiger partial charge on any atom is 0.309 e. The van der Waals surface area contributed by atoms with Crippen LogP contribution in [0.5, 0.6) is 0 Å². The average Bonchev–Trinajstić information content (AvgIpc) is 3.20. The maximum absolute atomic E-state index is 13.6. The standard InChI is InChI=1S/C15H13F3N2O3S/c16-8-5-9-13(12(18)11(8)17)20-15(24-9)19-10(21)6-23-14(22)7-3-1-2-4-7/h5,7H,1-4,6H2,(H,19,20,21). The molecule has 0 unspecified atom stereocenters. The number of fused-ring (bicyclic) bond motifs is 1. The summed E-state index contributed by atoms with van der Waals surface area (Å²) in [6.45, 7) is -0.490. The van der Waals surface area contributed by atoms with E-state index in [1.807, 2.05) is 0 Å². The summed E-state index contributed by atoms with van der Waals surface area (Å²) in [7, 11) is 0. The van der Waals surface area contributed by atoms with Crippen molar-refractivity contribution < 1.29 is 27.5 Å². The van der Waals surface area contributed by atoms with Crippen molar-refractivity contribution in [3.05, 3.63) is 23.5 Å². The van der Waals surface area contributed by atoms with Gasteiger partial charge in [0, 0.05) is 0 Å². The summed E-state index contributed by atoms with van der Waals surface area (Å²) < 4.78 is 44.9. The van der Waals surface area contributed by atoms with Gasteiger partial charge in [-0.3, -0.25) is 14.9 Å². The number of nitrogens with one attached hydrogen (secondary N) is 1. The Balaban J connectivity index is 1.63. The molecule has 0 radical (unpaired) electrons. The monoisotopic (exact) mass is 358 g/mol. The number of halogens is 3. The third-order valence-electron chi connectivity index (χ3n) is 3.80. The largest absolute Gasteiger partial charge is 0.455 e. The molecule has 1 aromatic heterocycles. The van der Waals surface area contributed by atoms with Gasteiger partial charge in [-0.15, -0.1) is 0 Å². The zero-order chi connectivity index (χ0) is 17.3. The van der Waals surface area contributed by atoms with Crippen LogP contribution >= 0.6 is 11.3 Å². The van der Waals surface area contributed by atoms with Gasteiger partial charge in [-0.1, -0.05) is 24.2 Å². The number of hydrogen-bond acceptors (Lipinski definition) is 5. The number of rotatable bonds is 4. The number of esters is 1. The molecule has 2 aromatic rings. The number of hydrogen-bond donors (Lipinski definition) is 1. The summed E-state index contributed by atoms with van der Waals surface area (Å²) in [4.78, 5) is 27.2. The minimum absolute atomic E-state index is 0.0317. The second-order valence-electron chi connectivity index (χ2n) is 5.49. The third-order valence-corrected chi connectivity index (χ3v) is 4.72. The summed E-state index contributed by atoms with van der Waals surface area (Å²) in [6.07, 6.45) is 3.45. The Morgan fingerprint density at radius 3 is 2.67 bits per heavy atom. The van der Waals surface area contributed by atoms with E-state index < -0.39 is 35.9 Å². The highest BCUT2D eigenvalue weighted by molar-refractivity contribution is 7.22. The molecule has 3 rings (SSSR count). The van der Waals surface area contributed by atoms with Crippen LogP contribution in [-0.2, 0) is 14.3 Å². The number of nitrogens with zero attached hydrogens (tertiary/aromatic N) is 1. The zero-order valence-corrected chi connectivity index (χ0v) is 13.2. The first-order chi connectivity index (χ1) is 11.5. The molecule has 0 bridgehead atoms. The Kier molecular flexibility index (Phi) is 4.70. The first kappa shape index (κ1) is 16.7.